The van der Waals surface area contributed by atoms with E-state index in [1.54, 1.807) is 0 Å². The van der Waals surface area contributed by atoms with E-state index in [0.29, 0.717) is 19.8 Å². The van der Waals surface area contributed by atoms with Gasteiger partial charge < -0.3 is 0 Å². The van der Waals surface area contributed by atoms with Crippen LogP contribution in [0.4, 0.5) is 0 Å². The molecule has 0 bridgehead atoms. The quantitative estimate of drug-likeness (QED) is 0.568. The van der Waals surface area contributed by atoms with E-state index in [2.05, 4.69) is 34.6 Å². The SMILES string of the molecule is C.C.CC.CCCC.CCS[I-]C. The summed E-state index contributed by atoms with van der Waals surface area (Å²) in [5.41, 5.74) is 0. The van der Waals surface area contributed by atoms with Gasteiger partial charge in [0.1, 0.15) is 0 Å². The topological polar surface area (TPSA) is 0 Å². The third-order valence-electron chi connectivity index (χ3n) is 0.718. The Morgan fingerprint density at radius 2 is 1.23 bits per heavy atom. The average Bonchev–Trinajstić information content (AvgIpc) is 2.10. The van der Waals surface area contributed by atoms with Crippen molar-refractivity contribution in [1.82, 2.24) is 0 Å². The van der Waals surface area contributed by atoms with Crippen molar-refractivity contribution < 1.29 is 19.8 Å². The zero-order valence-electron chi connectivity index (χ0n) is 8.91. The molecule has 90 valence electrons. The van der Waals surface area contributed by atoms with Crippen LogP contribution in [-0.4, -0.2) is 10.7 Å². The van der Waals surface area contributed by atoms with Crippen molar-refractivity contribution in [3.63, 3.8) is 0 Å². The summed E-state index contributed by atoms with van der Waals surface area (Å²) < 4.78 is 0. The second-order valence-corrected chi connectivity index (χ2v) is 7.17. The molecule has 0 aromatic rings. The maximum atomic E-state index is 2.28. The Bertz CT molecular complexity index is 29.3. The van der Waals surface area contributed by atoms with Crippen LogP contribution in [0.2, 0.25) is 0 Å². The Kier molecular flexibility index (Phi) is 116. The molecule has 13 heavy (non-hydrogen) atoms. The molecular weight excluding hydrogens is 291 g/mol. The zero-order chi connectivity index (χ0) is 9.54. The molecule has 0 aliphatic heterocycles. The second-order valence-electron chi connectivity index (χ2n) is 1.55. The first kappa shape index (κ1) is 29.2. The van der Waals surface area contributed by atoms with Crippen molar-refractivity contribution in [2.75, 3.05) is 10.7 Å². The Morgan fingerprint density at radius 1 is 0.923 bits per heavy atom. The number of rotatable bonds is 3. The van der Waals surface area contributed by atoms with Crippen molar-refractivity contribution in [1.29, 1.82) is 0 Å². The Morgan fingerprint density at radius 3 is 1.23 bits per heavy atom. The normalized spacial score (nSPS) is 6.31. The van der Waals surface area contributed by atoms with Gasteiger partial charge >= 0.3 is 46.4 Å². The predicted molar refractivity (Wildman–Crippen MR) is 69.4 cm³/mol. The molecule has 0 aromatic heterocycles. The van der Waals surface area contributed by atoms with Crippen LogP contribution in [0.15, 0.2) is 0 Å². The van der Waals surface area contributed by atoms with E-state index in [0.717, 1.165) is 0 Å². The van der Waals surface area contributed by atoms with Crippen molar-refractivity contribution in [3.05, 3.63) is 0 Å². The van der Waals surface area contributed by atoms with Crippen LogP contribution < -0.4 is 19.8 Å². The van der Waals surface area contributed by atoms with E-state index < -0.39 is 0 Å². The summed E-state index contributed by atoms with van der Waals surface area (Å²) >= 11 is 0.524. The number of alkyl halides is 1. The second kappa shape index (κ2) is 51.6. The van der Waals surface area contributed by atoms with Gasteiger partial charge in [0.15, 0.2) is 0 Å². The maximum absolute atomic E-state index is 2.28. The Hall–Kier alpha value is 1.08. The number of hydrogen-bond acceptors (Lipinski definition) is 1. The van der Waals surface area contributed by atoms with Crippen molar-refractivity contribution in [2.45, 2.75) is 62.3 Å². The molecule has 0 aliphatic carbocycles. The molecule has 2 heteroatoms. The summed E-state index contributed by atoms with van der Waals surface area (Å²) in [4.78, 5) is 2.28. The summed E-state index contributed by atoms with van der Waals surface area (Å²) in [6, 6.07) is 0. The van der Waals surface area contributed by atoms with Crippen LogP contribution in [0, 0.1) is 0 Å². The van der Waals surface area contributed by atoms with Gasteiger partial charge in [0, 0.05) is 0 Å². The summed E-state index contributed by atoms with van der Waals surface area (Å²) in [5, 5.41) is 0. The third-order valence-corrected chi connectivity index (χ3v) is 4.89. The summed E-state index contributed by atoms with van der Waals surface area (Å²) in [7, 11) is 2.07. The Labute approximate surface area is 101 Å². The standard InChI is InChI=1S/C4H10.C3H8IS.C2H6.2CH4/c1-3-4-2;1-3-5-4-2;1-2;;/h3-4H2,1-2H3;3H2,1-2H3;1-2H3;2*1H4/q;-1;;;. The minimum absolute atomic E-state index is 0. The van der Waals surface area contributed by atoms with E-state index >= 15 is 0 Å². The minimum atomic E-state index is 0. The molecule has 0 saturated carbocycles. The predicted octanol–water partition coefficient (Wildman–Crippen LogP) is 2.48. The molecule has 0 unspecified atom stereocenters. The van der Waals surface area contributed by atoms with E-state index in [4.69, 9.17) is 0 Å². The van der Waals surface area contributed by atoms with Crippen molar-refractivity contribution in [2.24, 2.45) is 0 Å². The molecule has 0 rings (SSSR count). The monoisotopic (exact) mass is 323 g/mol. The number of hydrogen-bond donors (Lipinski definition) is 0. The molecule has 0 fully saturated rings. The van der Waals surface area contributed by atoms with Crippen molar-refractivity contribution >= 4 is 8.93 Å². The van der Waals surface area contributed by atoms with Gasteiger partial charge in [0.05, 0.1) is 0 Å². The molecule has 0 atom stereocenters. The summed E-state index contributed by atoms with van der Waals surface area (Å²) in [5.74, 6) is 1.31. The van der Waals surface area contributed by atoms with E-state index in [1.807, 2.05) is 13.8 Å². The first-order valence-corrected chi connectivity index (χ1v) is 10.1. The Balaban J connectivity index is -0.0000000246. The summed E-state index contributed by atoms with van der Waals surface area (Å²) in [6.07, 6.45) is 2.64. The van der Waals surface area contributed by atoms with Gasteiger partial charge in [-0.1, -0.05) is 55.4 Å². The zero-order valence-corrected chi connectivity index (χ0v) is 11.9. The third kappa shape index (κ3) is 96.5. The van der Waals surface area contributed by atoms with Gasteiger partial charge in [-0.2, -0.15) is 0 Å². The molecule has 0 nitrogen and oxygen atoms in total. The van der Waals surface area contributed by atoms with Crippen LogP contribution in [0.1, 0.15) is 62.3 Å². The van der Waals surface area contributed by atoms with Crippen LogP contribution >= 0.6 is 8.93 Å². The van der Waals surface area contributed by atoms with E-state index in [-0.39, 0.29) is 14.9 Å². The molecule has 0 spiro atoms. The molecule has 0 N–H and O–H groups in total. The van der Waals surface area contributed by atoms with Gasteiger partial charge in [-0.3, -0.25) is 0 Å². The first-order chi connectivity index (χ1) is 5.33. The first-order valence-electron chi connectivity index (χ1n) is 4.44. The molecule has 0 saturated heterocycles. The fraction of sp³-hybridized carbons (Fsp3) is 1.00. The molecular formula is C11H32IS-. The number of unbranched alkanes of at least 4 members (excludes halogenated alkanes) is 1. The number of halogens is 1. The molecule has 0 heterocycles. The van der Waals surface area contributed by atoms with E-state index in [1.165, 1.54) is 18.6 Å². The van der Waals surface area contributed by atoms with Crippen molar-refractivity contribution in [3.8, 4) is 0 Å². The fourth-order valence-electron chi connectivity index (χ4n) is 0.109. The van der Waals surface area contributed by atoms with Gasteiger partial charge in [-0.05, 0) is 0 Å². The summed E-state index contributed by atoms with van der Waals surface area (Å²) in [6.45, 7) is 10.6. The van der Waals surface area contributed by atoms with Gasteiger partial charge in [0.25, 0.3) is 0 Å². The molecule has 0 aromatic carbocycles. The molecule has 0 radical (unpaired) electrons. The fourth-order valence-corrected chi connectivity index (χ4v) is 2.20. The van der Waals surface area contributed by atoms with Crippen LogP contribution in [-0.2, 0) is 0 Å². The van der Waals surface area contributed by atoms with Crippen LogP contribution in [0.3, 0.4) is 0 Å². The molecule has 0 amide bonds. The van der Waals surface area contributed by atoms with Crippen LogP contribution in [0.5, 0.6) is 0 Å². The van der Waals surface area contributed by atoms with Crippen LogP contribution in [0.25, 0.3) is 0 Å². The van der Waals surface area contributed by atoms with Gasteiger partial charge in [-0.25, -0.2) is 0 Å². The average molecular weight is 323 g/mol. The van der Waals surface area contributed by atoms with Gasteiger partial charge in [-0.15, -0.1) is 0 Å². The van der Waals surface area contributed by atoms with E-state index in [9.17, 15) is 0 Å². The molecule has 0 aliphatic rings. The van der Waals surface area contributed by atoms with Gasteiger partial charge in [0.2, 0.25) is 0 Å².